The van der Waals surface area contributed by atoms with Crippen molar-refractivity contribution in [1.82, 2.24) is 4.90 Å². The molecule has 1 nitrogen and oxygen atoms in total. The molecule has 0 aliphatic carbocycles. The molecule has 0 bridgehead atoms. The van der Waals surface area contributed by atoms with E-state index in [9.17, 15) is 4.39 Å². The Morgan fingerprint density at radius 3 is 2.30 bits per heavy atom. The van der Waals surface area contributed by atoms with E-state index in [-0.39, 0.29) is 0 Å². The van der Waals surface area contributed by atoms with Crippen LogP contribution >= 0.6 is 0 Å². The minimum Gasteiger partial charge on any atom is -0.300 e. The van der Waals surface area contributed by atoms with Crippen molar-refractivity contribution in [2.24, 2.45) is 5.92 Å². The summed E-state index contributed by atoms with van der Waals surface area (Å²) in [5, 5.41) is 0. The zero-order chi connectivity index (χ0) is 7.72. The minimum atomic E-state index is -0.586. The topological polar surface area (TPSA) is 3.24 Å². The van der Waals surface area contributed by atoms with Crippen molar-refractivity contribution < 1.29 is 4.39 Å². The van der Waals surface area contributed by atoms with E-state index in [0.29, 0.717) is 18.5 Å². The fraction of sp³-hybridized carbons (Fsp3) is 1.00. The highest BCUT2D eigenvalue weighted by Crippen LogP contribution is 2.23. The minimum absolute atomic E-state index is 0.468. The van der Waals surface area contributed by atoms with Crippen molar-refractivity contribution in [2.75, 3.05) is 13.6 Å². The first-order chi connectivity index (χ1) is 4.61. The van der Waals surface area contributed by atoms with Crippen LogP contribution < -0.4 is 0 Å². The number of alkyl halides is 1. The molecule has 0 aromatic heterocycles. The largest absolute Gasteiger partial charge is 0.300 e. The van der Waals surface area contributed by atoms with Crippen LogP contribution in [-0.4, -0.2) is 30.7 Å². The smallest absolute Gasteiger partial charge is 0.114 e. The van der Waals surface area contributed by atoms with Crippen molar-refractivity contribution in [3.8, 4) is 0 Å². The molecule has 0 radical (unpaired) electrons. The fourth-order valence-corrected chi connectivity index (χ4v) is 1.75. The molecule has 0 aromatic carbocycles. The summed E-state index contributed by atoms with van der Waals surface area (Å²) in [4.78, 5) is 2.12. The Morgan fingerprint density at radius 1 is 1.50 bits per heavy atom. The number of halogens is 1. The molecule has 0 unspecified atom stereocenters. The van der Waals surface area contributed by atoms with Gasteiger partial charge in [0.1, 0.15) is 6.17 Å². The molecule has 1 rings (SSSR count). The summed E-state index contributed by atoms with van der Waals surface area (Å²) < 4.78 is 12.7. The lowest BCUT2D eigenvalue weighted by Crippen LogP contribution is -2.29. The van der Waals surface area contributed by atoms with E-state index >= 15 is 0 Å². The Hall–Kier alpha value is -0.110. The molecular formula is C8H16FN. The molecule has 0 saturated carbocycles. The highest BCUT2D eigenvalue weighted by Gasteiger charge is 2.30. The van der Waals surface area contributed by atoms with Crippen molar-refractivity contribution in [1.29, 1.82) is 0 Å². The number of nitrogens with zero attached hydrogens (tertiary/aromatic N) is 1. The van der Waals surface area contributed by atoms with E-state index < -0.39 is 6.17 Å². The second-order valence-corrected chi connectivity index (χ2v) is 3.58. The first kappa shape index (κ1) is 7.99. The zero-order valence-electron chi connectivity index (χ0n) is 6.97. The van der Waals surface area contributed by atoms with Crippen LogP contribution in [0.25, 0.3) is 0 Å². The molecule has 1 fully saturated rings. The van der Waals surface area contributed by atoms with Crippen molar-refractivity contribution in [2.45, 2.75) is 32.5 Å². The maximum Gasteiger partial charge on any atom is 0.114 e. The van der Waals surface area contributed by atoms with E-state index in [4.69, 9.17) is 0 Å². The number of rotatable bonds is 1. The average Bonchev–Trinajstić information content (AvgIpc) is 2.10. The maximum atomic E-state index is 12.7. The summed E-state index contributed by atoms with van der Waals surface area (Å²) in [7, 11) is 2.00. The van der Waals surface area contributed by atoms with Gasteiger partial charge in [-0.05, 0) is 19.4 Å². The highest BCUT2D eigenvalue weighted by molar-refractivity contribution is 4.84. The van der Waals surface area contributed by atoms with E-state index in [1.54, 1.807) is 0 Å². The van der Waals surface area contributed by atoms with Crippen LogP contribution in [0.1, 0.15) is 20.3 Å². The normalized spacial score (nSPS) is 35.7. The van der Waals surface area contributed by atoms with Gasteiger partial charge in [0.2, 0.25) is 0 Å². The van der Waals surface area contributed by atoms with Crippen LogP contribution in [0.5, 0.6) is 0 Å². The van der Waals surface area contributed by atoms with E-state index in [2.05, 4.69) is 18.7 Å². The van der Waals surface area contributed by atoms with Gasteiger partial charge in [0.25, 0.3) is 0 Å². The highest BCUT2D eigenvalue weighted by atomic mass is 19.1. The lowest BCUT2D eigenvalue weighted by Gasteiger charge is -2.22. The fourth-order valence-electron chi connectivity index (χ4n) is 1.75. The van der Waals surface area contributed by atoms with Crippen LogP contribution in [0, 0.1) is 5.92 Å². The molecule has 0 spiro atoms. The molecular weight excluding hydrogens is 129 g/mol. The summed E-state index contributed by atoms with van der Waals surface area (Å²) in [6.45, 7) is 4.93. The lowest BCUT2D eigenvalue weighted by atomic mass is 10.0. The quantitative estimate of drug-likeness (QED) is 0.542. The standard InChI is InChI=1S/C8H16FN/c1-6(2)8-4-7(9)5-10(8)3/h6-8H,4-5H2,1-3H3/t7-,8-/m1/s1. The zero-order valence-corrected chi connectivity index (χ0v) is 6.97. The van der Waals surface area contributed by atoms with Crippen molar-refractivity contribution in [3.63, 3.8) is 0 Å². The van der Waals surface area contributed by atoms with Gasteiger partial charge in [-0.25, -0.2) is 4.39 Å². The Balaban J connectivity index is 2.46. The van der Waals surface area contributed by atoms with Gasteiger partial charge in [-0.3, -0.25) is 0 Å². The molecule has 0 N–H and O–H groups in total. The summed E-state index contributed by atoms with van der Waals surface area (Å²) in [5.41, 5.74) is 0. The lowest BCUT2D eigenvalue weighted by molar-refractivity contribution is 0.248. The second-order valence-electron chi connectivity index (χ2n) is 3.58. The van der Waals surface area contributed by atoms with Gasteiger partial charge in [-0.2, -0.15) is 0 Å². The molecule has 60 valence electrons. The Bertz CT molecular complexity index is 114. The molecule has 10 heavy (non-hydrogen) atoms. The summed E-state index contributed by atoms with van der Waals surface area (Å²) in [6.07, 6.45) is 0.145. The number of likely N-dealkylation sites (tertiary alicyclic amines) is 1. The van der Waals surface area contributed by atoms with Crippen LogP contribution in [0.3, 0.4) is 0 Å². The first-order valence-electron chi connectivity index (χ1n) is 3.95. The molecule has 1 heterocycles. The van der Waals surface area contributed by atoms with Crippen LogP contribution in [0.4, 0.5) is 4.39 Å². The van der Waals surface area contributed by atoms with E-state index in [1.165, 1.54) is 0 Å². The van der Waals surface area contributed by atoms with Gasteiger partial charge >= 0.3 is 0 Å². The Morgan fingerprint density at radius 2 is 2.10 bits per heavy atom. The molecule has 0 amide bonds. The van der Waals surface area contributed by atoms with Gasteiger partial charge in [0, 0.05) is 12.6 Å². The third kappa shape index (κ3) is 1.48. The van der Waals surface area contributed by atoms with Crippen LogP contribution in [-0.2, 0) is 0 Å². The predicted molar refractivity (Wildman–Crippen MR) is 40.8 cm³/mol. The third-order valence-electron chi connectivity index (χ3n) is 2.32. The molecule has 1 saturated heterocycles. The number of hydrogen-bond donors (Lipinski definition) is 0. The van der Waals surface area contributed by atoms with Gasteiger partial charge in [-0.1, -0.05) is 13.8 Å². The Labute approximate surface area is 62.2 Å². The van der Waals surface area contributed by atoms with E-state index in [0.717, 1.165) is 6.42 Å². The first-order valence-corrected chi connectivity index (χ1v) is 3.95. The maximum absolute atomic E-state index is 12.7. The summed E-state index contributed by atoms with van der Waals surface area (Å²) in [5.74, 6) is 0.589. The van der Waals surface area contributed by atoms with Crippen molar-refractivity contribution in [3.05, 3.63) is 0 Å². The van der Waals surface area contributed by atoms with Crippen LogP contribution in [0.2, 0.25) is 0 Å². The van der Waals surface area contributed by atoms with Gasteiger partial charge in [0.05, 0.1) is 0 Å². The van der Waals surface area contributed by atoms with Gasteiger partial charge < -0.3 is 4.90 Å². The predicted octanol–water partition coefficient (Wildman–Crippen LogP) is 1.68. The number of hydrogen-bond acceptors (Lipinski definition) is 1. The van der Waals surface area contributed by atoms with Gasteiger partial charge in [-0.15, -0.1) is 0 Å². The molecule has 2 atom stereocenters. The molecule has 1 aliphatic heterocycles. The Kier molecular flexibility index (Phi) is 2.29. The van der Waals surface area contributed by atoms with E-state index in [1.807, 2.05) is 7.05 Å². The monoisotopic (exact) mass is 145 g/mol. The molecule has 0 aromatic rings. The van der Waals surface area contributed by atoms with Crippen molar-refractivity contribution >= 4 is 0 Å². The third-order valence-corrected chi connectivity index (χ3v) is 2.32. The van der Waals surface area contributed by atoms with Crippen LogP contribution in [0.15, 0.2) is 0 Å². The second kappa shape index (κ2) is 2.87. The summed E-state index contributed by atoms with van der Waals surface area (Å²) in [6, 6.07) is 0.468. The average molecular weight is 145 g/mol. The van der Waals surface area contributed by atoms with Gasteiger partial charge in [0.15, 0.2) is 0 Å². The summed E-state index contributed by atoms with van der Waals surface area (Å²) >= 11 is 0. The molecule has 2 heteroatoms. The SMILES string of the molecule is CC(C)[C@H]1C[C@@H](F)CN1C. The molecule has 1 aliphatic rings.